The lowest BCUT2D eigenvalue weighted by Crippen LogP contribution is -2.46. The van der Waals surface area contributed by atoms with Crippen LogP contribution in [0.1, 0.15) is 19.3 Å². The number of nitrogens with one attached hydrogen (secondary N) is 1. The molecular formula is C19H25FN2O8S. The van der Waals surface area contributed by atoms with E-state index < -0.39 is 65.7 Å². The SMILES string of the molecule is CS(=O)(=O)OCC1(F)C[C@H](C(=O)O)N(C(=O)CNC(=O)CCCOc2ccccc2)C1. The van der Waals surface area contributed by atoms with Crippen molar-refractivity contribution in [2.45, 2.75) is 31.0 Å². The number of carbonyl (C=O) groups is 3. The number of carboxylic acids is 1. The Kier molecular flexibility index (Phi) is 8.34. The molecule has 1 heterocycles. The van der Waals surface area contributed by atoms with Gasteiger partial charge >= 0.3 is 5.97 Å². The lowest BCUT2D eigenvalue weighted by atomic mass is 10.0. The molecule has 1 unspecified atom stereocenters. The predicted molar refractivity (Wildman–Crippen MR) is 107 cm³/mol. The summed E-state index contributed by atoms with van der Waals surface area (Å²) in [6.07, 6.45) is 0.599. The number of benzene rings is 1. The minimum atomic E-state index is -3.93. The van der Waals surface area contributed by atoms with Crippen LogP contribution in [-0.4, -0.2) is 80.5 Å². The number of para-hydroxylation sites is 1. The van der Waals surface area contributed by atoms with Gasteiger partial charge in [-0.25, -0.2) is 9.18 Å². The number of amides is 2. The average molecular weight is 460 g/mol. The van der Waals surface area contributed by atoms with Crippen LogP contribution in [-0.2, 0) is 28.7 Å². The molecule has 0 spiro atoms. The van der Waals surface area contributed by atoms with E-state index in [4.69, 9.17) is 4.74 Å². The smallest absolute Gasteiger partial charge is 0.326 e. The number of likely N-dealkylation sites (tertiary alicyclic amines) is 1. The van der Waals surface area contributed by atoms with E-state index in [2.05, 4.69) is 9.50 Å². The van der Waals surface area contributed by atoms with Crippen molar-refractivity contribution in [2.75, 3.05) is 32.6 Å². The van der Waals surface area contributed by atoms with Gasteiger partial charge in [-0.3, -0.25) is 13.8 Å². The average Bonchev–Trinajstić information content (AvgIpc) is 3.07. The number of nitrogens with zero attached hydrogens (tertiary/aromatic N) is 1. The Morgan fingerprint density at radius 2 is 1.97 bits per heavy atom. The number of ether oxygens (including phenoxy) is 1. The van der Waals surface area contributed by atoms with Gasteiger partial charge < -0.3 is 20.1 Å². The Morgan fingerprint density at radius 1 is 1.29 bits per heavy atom. The molecule has 1 aliphatic heterocycles. The van der Waals surface area contributed by atoms with Gasteiger partial charge in [-0.15, -0.1) is 0 Å². The minimum absolute atomic E-state index is 0.0811. The Hall–Kier alpha value is -2.73. The third-order valence-corrected chi connectivity index (χ3v) is 5.07. The highest BCUT2D eigenvalue weighted by Crippen LogP contribution is 2.31. The van der Waals surface area contributed by atoms with E-state index >= 15 is 0 Å². The fraction of sp³-hybridized carbons (Fsp3) is 0.526. The van der Waals surface area contributed by atoms with E-state index in [1.807, 2.05) is 18.2 Å². The van der Waals surface area contributed by atoms with Gasteiger partial charge in [0.05, 0.1) is 26.0 Å². The fourth-order valence-electron chi connectivity index (χ4n) is 3.04. The molecule has 2 atom stereocenters. The van der Waals surface area contributed by atoms with Gasteiger partial charge in [0.2, 0.25) is 11.8 Å². The zero-order valence-electron chi connectivity index (χ0n) is 17.0. The van der Waals surface area contributed by atoms with E-state index in [1.165, 1.54) is 0 Å². The van der Waals surface area contributed by atoms with E-state index in [1.54, 1.807) is 12.1 Å². The number of halogens is 1. The molecule has 31 heavy (non-hydrogen) atoms. The Labute approximate surface area is 179 Å². The minimum Gasteiger partial charge on any atom is -0.494 e. The summed E-state index contributed by atoms with van der Waals surface area (Å²) in [6.45, 7) is -1.76. The molecule has 1 aromatic rings. The van der Waals surface area contributed by atoms with Crippen molar-refractivity contribution in [3.05, 3.63) is 30.3 Å². The third kappa shape index (κ3) is 8.13. The monoisotopic (exact) mass is 460 g/mol. The first-order valence-electron chi connectivity index (χ1n) is 9.49. The van der Waals surface area contributed by atoms with E-state index in [0.29, 0.717) is 18.8 Å². The van der Waals surface area contributed by atoms with Gasteiger partial charge in [0.1, 0.15) is 18.4 Å². The van der Waals surface area contributed by atoms with Gasteiger partial charge in [0.15, 0.2) is 5.67 Å². The topological polar surface area (TPSA) is 139 Å². The van der Waals surface area contributed by atoms with Crippen LogP contribution in [0.25, 0.3) is 0 Å². The zero-order valence-corrected chi connectivity index (χ0v) is 17.8. The van der Waals surface area contributed by atoms with E-state index in [9.17, 15) is 32.3 Å². The van der Waals surface area contributed by atoms with Crippen molar-refractivity contribution >= 4 is 27.9 Å². The lowest BCUT2D eigenvalue weighted by Gasteiger charge is -2.22. The molecule has 2 N–H and O–H groups in total. The van der Waals surface area contributed by atoms with Gasteiger partial charge in [-0.2, -0.15) is 8.42 Å². The van der Waals surface area contributed by atoms with Crippen LogP contribution in [0.4, 0.5) is 4.39 Å². The van der Waals surface area contributed by atoms with Crippen LogP contribution in [0.5, 0.6) is 5.75 Å². The van der Waals surface area contributed by atoms with Crippen LogP contribution in [0.3, 0.4) is 0 Å². The second-order valence-electron chi connectivity index (χ2n) is 7.24. The summed E-state index contributed by atoms with van der Waals surface area (Å²) in [5.74, 6) is -2.00. The van der Waals surface area contributed by atoms with Gasteiger partial charge in [0, 0.05) is 12.8 Å². The van der Waals surface area contributed by atoms with E-state index in [-0.39, 0.29) is 6.42 Å². The third-order valence-electron chi connectivity index (χ3n) is 4.52. The molecular weight excluding hydrogens is 435 g/mol. The normalized spacial score (nSPS) is 21.0. The quantitative estimate of drug-likeness (QED) is 0.356. The number of carboxylic acid groups (broad SMARTS) is 1. The highest BCUT2D eigenvalue weighted by Gasteiger charge is 2.50. The molecule has 1 fully saturated rings. The molecule has 0 radical (unpaired) electrons. The molecule has 10 nitrogen and oxygen atoms in total. The van der Waals surface area contributed by atoms with Crippen molar-refractivity contribution in [3.63, 3.8) is 0 Å². The highest BCUT2D eigenvalue weighted by atomic mass is 32.2. The number of hydrogen-bond acceptors (Lipinski definition) is 7. The summed E-state index contributed by atoms with van der Waals surface area (Å²) in [5, 5.41) is 11.7. The van der Waals surface area contributed by atoms with Crippen molar-refractivity contribution < 1.29 is 41.2 Å². The maximum absolute atomic E-state index is 14.9. The van der Waals surface area contributed by atoms with Crippen molar-refractivity contribution in [1.29, 1.82) is 0 Å². The van der Waals surface area contributed by atoms with Crippen LogP contribution >= 0.6 is 0 Å². The first-order valence-corrected chi connectivity index (χ1v) is 11.3. The standard InChI is InChI=1S/C19H25FN2O8S/c1-31(27,28)30-13-19(20)10-15(18(25)26)22(12-19)17(24)11-21-16(23)8-5-9-29-14-6-3-2-4-7-14/h2-4,6-7,15H,5,8-13H2,1H3,(H,21,23)(H,25,26)/t15-,19?/m1/s1. The van der Waals surface area contributed by atoms with Crippen LogP contribution in [0.2, 0.25) is 0 Å². The summed E-state index contributed by atoms with van der Waals surface area (Å²) in [6, 6.07) is 7.54. The second kappa shape index (κ2) is 10.5. The molecule has 0 aliphatic carbocycles. The summed E-state index contributed by atoms with van der Waals surface area (Å²) in [5.41, 5.74) is -2.33. The molecule has 0 aromatic heterocycles. The molecule has 172 valence electrons. The summed E-state index contributed by atoms with van der Waals surface area (Å²) in [7, 11) is -3.93. The zero-order chi connectivity index (χ0) is 23.1. The maximum Gasteiger partial charge on any atom is 0.326 e. The number of alkyl halides is 1. The maximum atomic E-state index is 14.9. The van der Waals surface area contributed by atoms with Gasteiger partial charge in [-0.1, -0.05) is 18.2 Å². The first kappa shape index (κ1) is 24.5. The second-order valence-corrected chi connectivity index (χ2v) is 8.88. The molecule has 2 amide bonds. The number of aliphatic carboxylic acids is 1. The fourth-order valence-corrected chi connectivity index (χ4v) is 3.47. The summed E-state index contributed by atoms with van der Waals surface area (Å²) >= 11 is 0. The Balaban J connectivity index is 1.79. The van der Waals surface area contributed by atoms with E-state index in [0.717, 1.165) is 11.2 Å². The van der Waals surface area contributed by atoms with Crippen molar-refractivity contribution in [2.24, 2.45) is 0 Å². The summed E-state index contributed by atoms with van der Waals surface area (Å²) < 4.78 is 46.9. The molecule has 12 heteroatoms. The Bertz CT molecular complexity index is 895. The van der Waals surface area contributed by atoms with Crippen LogP contribution < -0.4 is 10.1 Å². The van der Waals surface area contributed by atoms with Crippen molar-refractivity contribution in [1.82, 2.24) is 10.2 Å². The number of hydrogen-bond donors (Lipinski definition) is 2. The predicted octanol–water partition coefficient (Wildman–Crippen LogP) is 0.332. The van der Waals surface area contributed by atoms with Crippen LogP contribution in [0, 0.1) is 0 Å². The van der Waals surface area contributed by atoms with Gasteiger partial charge in [0.25, 0.3) is 10.1 Å². The number of carbonyl (C=O) groups excluding carboxylic acids is 2. The molecule has 0 saturated carbocycles. The van der Waals surface area contributed by atoms with Crippen LogP contribution in [0.15, 0.2) is 30.3 Å². The summed E-state index contributed by atoms with van der Waals surface area (Å²) in [4.78, 5) is 36.5. The first-order chi connectivity index (χ1) is 14.5. The van der Waals surface area contributed by atoms with Gasteiger partial charge in [-0.05, 0) is 18.6 Å². The lowest BCUT2D eigenvalue weighted by molar-refractivity contribution is -0.148. The molecule has 2 rings (SSSR count). The largest absolute Gasteiger partial charge is 0.494 e. The molecule has 1 saturated heterocycles. The number of rotatable bonds is 11. The molecule has 1 aromatic carbocycles. The highest BCUT2D eigenvalue weighted by molar-refractivity contribution is 7.85. The molecule has 0 bridgehead atoms. The van der Waals surface area contributed by atoms with Crippen molar-refractivity contribution in [3.8, 4) is 5.75 Å². The Morgan fingerprint density at radius 3 is 2.58 bits per heavy atom. The molecule has 1 aliphatic rings.